The first-order valence-corrected chi connectivity index (χ1v) is 12.4. The van der Waals surface area contributed by atoms with Crippen LogP contribution in [0.3, 0.4) is 0 Å². The number of carbonyl (C=O) groups excluding carboxylic acids is 1. The van der Waals surface area contributed by atoms with E-state index in [1.165, 1.54) is 38.8 Å². The lowest BCUT2D eigenvalue weighted by Gasteiger charge is -2.48. The van der Waals surface area contributed by atoms with Crippen molar-refractivity contribution in [2.24, 2.45) is 0 Å². The van der Waals surface area contributed by atoms with Crippen molar-refractivity contribution >= 4 is 5.97 Å². The summed E-state index contributed by atoms with van der Waals surface area (Å²) in [4.78, 5) is 12.9. The van der Waals surface area contributed by atoms with Crippen molar-refractivity contribution in [1.29, 1.82) is 0 Å². The Balaban J connectivity index is 0.00000204. The number of hydrogen-bond donors (Lipinski definition) is 1. The molecule has 2 bridgehead atoms. The number of likely N-dealkylation sites (N-methyl/N-ethyl adjacent to an activating group) is 1. The van der Waals surface area contributed by atoms with Crippen LogP contribution < -0.4 is 34.0 Å². The van der Waals surface area contributed by atoms with E-state index in [0.29, 0.717) is 24.3 Å². The first-order chi connectivity index (χ1) is 15.2. The highest BCUT2D eigenvalue weighted by atomic mass is 79.9. The van der Waals surface area contributed by atoms with Gasteiger partial charge in [0, 0.05) is 12.8 Å². The quantitative estimate of drug-likeness (QED) is 0.124. The van der Waals surface area contributed by atoms with Crippen molar-refractivity contribution in [2.45, 2.75) is 74.8 Å². The number of unbranched alkanes of at least 4 members (excludes halogenated alkanes) is 3. The van der Waals surface area contributed by atoms with Gasteiger partial charge in [-0.3, -0.25) is 4.79 Å². The molecule has 0 saturated carbocycles. The van der Waals surface area contributed by atoms with Gasteiger partial charge in [0.1, 0.15) is 36.3 Å². The summed E-state index contributed by atoms with van der Waals surface area (Å²) in [6, 6.07) is 10.3. The predicted octanol–water partition coefficient (Wildman–Crippen LogP) is -3.29. The Kier molecular flexibility index (Phi) is 10.6. The Bertz CT molecular complexity index is 771. The van der Waals surface area contributed by atoms with Crippen LogP contribution in [0.15, 0.2) is 30.3 Å². The summed E-state index contributed by atoms with van der Waals surface area (Å²) in [7, 11) is 9.18. The molecule has 6 nitrogen and oxygen atoms in total. The standard InChI is InChI=1S/C26H42N2O4.2BrH/c1-27(2,3)14-10-5-6-11-15-28(4)22-16-20(17-23(28)25-24(22)32-25)31-26(30)21(18-29)19-12-8-7-9-13-19;;/h7-9,12-13,20-25,29H,5-6,10-11,14-18H2,1-4H3;2*1H/q+2;;/p-2/t20?,21-,22-,23+,24-,25+,28?;;/m1../s1. The number of epoxide rings is 1. The zero-order chi connectivity index (χ0) is 22.9. The SMILES string of the molecule is C[N+](C)(C)CCCCCC[N+]1(C)[C@@H]2CC(OC(=O)[C@H](CO)c3ccccc3)C[C@H]1[C@@H]1O[C@@H]12.[Br-].[Br-]. The van der Waals surface area contributed by atoms with Gasteiger partial charge < -0.3 is 57.5 Å². The molecule has 1 N–H and O–H groups in total. The molecule has 0 aliphatic carbocycles. The van der Waals surface area contributed by atoms with Crippen LogP contribution in [0.4, 0.5) is 0 Å². The van der Waals surface area contributed by atoms with Crippen LogP contribution in [0.5, 0.6) is 0 Å². The van der Waals surface area contributed by atoms with Crippen LogP contribution in [0, 0.1) is 0 Å². The molecule has 2 unspecified atom stereocenters. The number of halogens is 2. The average Bonchev–Trinajstić information content (AvgIpc) is 3.50. The highest BCUT2D eigenvalue weighted by Gasteiger charge is 2.71. The van der Waals surface area contributed by atoms with Gasteiger partial charge >= 0.3 is 5.97 Å². The van der Waals surface area contributed by atoms with E-state index in [1.807, 2.05) is 30.3 Å². The lowest BCUT2D eigenvalue weighted by Crippen LogP contribution is -3.00. The second-order valence-electron chi connectivity index (χ2n) is 11.4. The monoisotopic (exact) mass is 604 g/mol. The lowest BCUT2D eigenvalue weighted by atomic mass is 9.94. The lowest BCUT2D eigenvalue weighted by molar-refractivity contribution is -0.956. The molecule has 3 saturated heterocycles. The summed E-state index contributed by atoms with van der Waals surface area (Å²) in [5.41, 5.74) is 0.816. The number of piperidine rings is 1. The van der Waals surface area contributed by atoms with Crippen molar-refractivity contribution in [3.8, 4) is 0 Å². The molecule has 0 aromatic heterocycles. The number of benzene rings is 1. The molecule has 0 spiro atoms. The number of rotatable bonds is 11. The minimum Gasteiger partial charge on any atom is -1.00 e. The summed E-state index contributed by atoms with van der Waals surface area (Å²) in [5, 5.41) is 9.81. The van der Waals surface area contributed by atoms with E-state index in [1.54, 1.807) is 0 Å². The molecule has 34 heavy (non-hydrogen) atoms. The third-order valence-electron chi connectivity index (χ3n) is 8.01. The molecule has 3 fully saturated rings. The average molecular weight is 606 g/mol. The van der Waals surface area contributed by atoms with Gasteiger partial charge in [0.25, 0.3) is 0 Å². The fourth-order valence-corrected chi connectivity index (χ4v) is 6.13. The summed E-state index contributed by atoms with van der Waals surface area (Å²) in [6.45, 7) is 2.21. The number of morpholine rings is 1. The summed E-state index contributed by atoms with van der Waals surface area (Å²) >= 11 is 0. The van der Waals surface area contributed by atoms with Crippen LogP contribution in [-0.2, 0) is 14.3 Å². The van der Waals surface area contributed by atoms with Crippen LogP contribution >= 0.6 is 0 Å². The Labute approximate surface area is 226 Å². The van der Waals surface area contributed by atoms with E-state index < -0.39 is 5.92 Å². The fraction of sp³-hybridized carbons (Fsp3) is 0.731. The minimum atomic E-state index is -0.603. The summed E-state index contributed by atoms with van der Waals surface area (Å²) in [5.74, 6) is -0.903. The Morgan fingerprint density at radius 3 is 2.21 bits per heavy atom. The first-order valence-electron chi connectivity index (χ1n) is 12.4. The summed E-state index contributed by atoms with van der Waals surface area (Å²) < 4.78 is 14.1. The number of fused-ring (bicyclic) bond motifs is 5. The topological polar surface area (TPSA) is 59.1 Å². The van der Waals surface area contributed by atoms with E-state index >= 15 is 0 Å². The molecule has 3 heterocycles. The fourth-order valence-electron chi connectivity index (χ4n) is 6.13. The zero-order valence-corrected chi connectivity index (χ0v) is 24.2. The molecule has 1 aromatic rings. The van der Waals surface area contributed by atoms with E-state index in [2.05, 4.69) is 28.2 Å². The molecule has 3 aliphatic heterocycles. The number of esters is 1. The number of aliphatic hydroxyl groups is 1. The molecule has 0 radical (unpaired) electrons. The second-order valence-corrected chi connectivity index (χ2v) is 11.4. The Morgan fingerprint density at radius 2 is 1.65 bits per heavy atom. The smallest absolute Gasteiger partial charge is 0.316 e. The molecular weight excluding hydrogens is 564 g/mol. The van der Waals surface area contributed by atoms with Gasteiger partial charge in [-0.25, -0.2) is 0 Å². The van der Waals surface area contributed by atoms with Crippen LogP contribution in [0.1, 0.15) is 50.0 Å². The minimum absolute atomic E-state index is 0. The largest absolute Gasteiger partial charge is 1.00 e. The molecule has 194 valence electrons. The van der Waals surface area contributed by atoms with E-state index in [-0.39, 0.29) is 52.6 Å². The number of ether oxygens (including phenoxy) is 2. The van der Waals surface area contributed by atoms with Crippen LogP contribution in [0.25, 0.3) is 0 Å². The van der Waals surface area contributed by atoms with Crippen molar-refractivity contribution < 1.29 is 62.3 Å². The molecule has 1 aromatic carbocycles. The van der Waals surface area contributed by atoms with E-state index in [4.69, 9.17) is 9.47 Å². The highest BCUT2D eigenvalue weighted by molar-refractivity contribution is 5.78. The second kappa shape index (κ2) is 12.2. The van der Waals surface area contributed by atoms with Gasteiger partial charge in [0.05, 0.1) is 47.9 Å². The number of nitrogens with zero attached hydrogens (tertiary/aromatic N) is 2. The third-order valence-corrected chi connectivity index (χ3v) is 8.01. The van der Waals surface area contributed by atoms with E-state index in [0.717, 1.165) is 27.4 Å². The van der Waals surface area contributed by atoms with Crippen LogP contribution in [-0.4, -0.2) is 98.3 Å². The van der Waals surface area contributed by atoms with Crippen molar-refractivity contribution in [3.63, 3.8) is 0 Å². The number of aliphatic hydroxyl groups excluding tert-OH is 1. The van der Waals surface area contributed by atoms with Crippen molar-refractivity contribution in [2.75, 3.05) is 47.9 Å². The zero-order valence-electron chi connectivity index (χ0n) is 21.0. The first kappa shape index (κ1) is 29.7. The molecule has 7 atom stereocenters. The predicted molar refractivity (Wildman–Crippen MR) is 124 cm³/mol. The maximum absolute atomic E-state index is 12.9. The van der Waals surface area contributed by atoms with Gasteiger partial charge in [-0.1, -0.05) is 30.3 Å². The summed E-state index contributed by atoms with van der Waals surface area (Å²) in [6.07, 6.45) is 7.49. The number of carbonyl (C=O) groups is 1. The molecule has 4 rings (SSSR count). The van der Waals surface area contributed by atoms with Crippen molar-refractivity contribution in [3.05, 3.63) is 35.9 Å². The van der Waals surface area contributed by atoms with Gasteiger partial charge in [-0.05, 0) is 31.2 Å². The number of hydrogen-bond acceptors (Lipinski definition) is 4. The normalized spacial score (nSPS) is 32.1. The number of quaternary nitrogens is 2. The Morgan fingerprint density at radius 1 is 1.06 bits per heavy atom. The molecule has 3 aliphatic rings. The van der Waals surface area contributed by atoms with Gasteiger partial charge in [0.2, 0.25) is 0 Å². The van der Waals surface area contributed by atoms with Crippen molar-refractivity contribution in [1.82, 2.24) is 0 Å². The molecule has 8 heteroatoms. The highest BCUT2D eigenvalue weighted by Crippen LogP contribution is 2.53. The maximum atomic E-state index is 12.9. The maximum Gasteiger partial charge on any atom is 0.316 e. The van der Waals surface area contributed by atoms with Crippen LogP contribution in [0.2, 0.25) is 0 Å². The van der Waals surface area contributed by atoms with Gasteiger partial charge in [-0.2, -0.15) is 0 Å². The van der Waals surface area contributed by atoms with Gasteiger partial charge in [0.15, 0.2) is 0 Å². The third kappa shape index (κ3) is 6.62. The Hall–Kier alpha value is -0.510. The molecule has 0 amide bonds. The van der Waals surface area contributed by atoms with E-state index in [9.17, 15) is 9.90 Å². The molecular formula is C26H42Br2N2O4. The van der Waals surface area contributed by atoms with Gasteiger partial charge in [-0.15, -0.1) is 0 Å².